The molecule has 0 unspecified atom stereocenters. The van der Waals surface area contributed by atoms with E-state index in [1.165, 1.54) is 22.7 Å². The second-order valence-corrected chi connectivity index (χ2v) is 10.5. The Bertz CT molecular complexity index is 1360. The zero-order chi connectivity index (χ0) is 27.2. The summed E-state index contributed by atoms with van der Waals surface area (Å²) in [5.41, 5.74) is 2.34. The molecule has 1 fully saturated rings. The van der Waals surface area contributed by atoms with E-state index < -0.39 is 17.9 Å². The molecule has 8 nitrogen and oxygen atoms in total. The molecule has 38 heavy (non-hydrogen) atoms. The van der Waals surface area contributed by atoms with Crippen LogP contribution in [-0.4, -0.2) is 62.7 Å². The van der Waals surface area contributed by atoms with Crippen LogP contribution in [0.1, 0.15) is 16.8 Å². The first-order valence-corrected chi connectivity index (χ1v) is 13.8. The Kier molecular flexibility index (Phi) is 9.14. The molecule has 0 saturated carbocycles. The monoisotopic (exact) mass is 573 g/mol. The Morgan fingerprint density at radius 3 is 2.58 bits per heavy atom. The maximum atomic E-state index is 12.7. The molecule has 0 radical (unpaired) electrons. The van der Waals surface area contributed by atoms with Gasteiger partial charge in [-0.2, -0.15) is 0 Å². The normalized spacial score (nSPS) is 14.3. The van der Waals surface area contributed by atoms with Gasteiger partial charge >= 0.3 is 5.97 Å². The van der Waals surface area contributed by atoms with Crippen molar-refractivity contribution in [2.24, 2.45) is 5.92 Å². The van der Waals surface area contributed by atoms with Gasteiger partial charge in [-0.25, -0.2) is 4.98 Å². The summed E-state index contributed by atoms with van der Waals surface area (Å²) in [6.07, 6.45) is 8.48. The van der Waals surface area contributed by atoms with Gasteiger partial charge in [0.05, 0.1) is 28.0 Å². The number of carbonyl (C=O) groups excluding carboxylic acids is 3. The van der Waals surface area contributed by atoms with Gasteiger partial charge in [0.2, 0.25) is 11.8 Å². The summed E-state index contributed by atoms with van der Waals surface area (Å²) in [7, 11) is 0. The molecular weight excluding hydrogens is 547 g/mol. The first-order chi connectivity index (χ1) is 18.2. The number of nitrogens with one attached hydrogen (secondary N) is 1. The smallest absolute Gasteiger partial charge is 0.539 e. The molecule has 1 aliphatic rings. The number of imidazole rings is 1. The number of carbonyl (C=O) groups is 3. The number of aromatic nitrogens is 2. The molecule has 0 bridgehead atoms. The fraction of sp³-hybridized carbons (Fsp3) is 0.259. The van der Waals surface area contributed by atoms with E-state index in [0.717, 1.165) is 10.5 Å². The van der Waals surface area contributed by atoms with Gasteiger partial charge in [-0.3, -0.25) is 9.59 Å². The maximum Gasteiger partial charge on any atom is 0.539 e. The topological polar surface area (TPSA) is 107 Å². The number of nitrogens with zero attached hydrogens (tertiary/aromatic N) is 3. The highest BCUT2D eigenvalue weighted by Gasteiger charge is 2.38. The largest absolute Gasteiger partial charge is 0.563 e. The van der Waals surface area contributed by atoms with Gasteiger partial charge in [0.1, 0.15) is 0 Å². The summed E-state index contributed by atoms with van der Waals surface area (Å²) in [6.45, 7) is 1.07. The van der Waals surface area contributed by atoms with Gasteiger partial charge in [0.15, 0.2) is 6.04 Å². The molecule has 4 rings (SSSR count). The molecular formula is C27H27Cl2N4O4S+. The summed E-state index contributed by atoms with van der Waals surface area (Å²) in [6, 6.07) is 12.5. The van der Waals surface area contributed by atoms with Crippen LogP contribution in [0.15, 0.2) is 66.0 Å². The zero-order valence-electron chi connectivity index (χ0n) is 20.6. The zero-order valence-corrected chi connectivity index (χ0v) is 22.9. The van der Waals surface area contributed by atoms with Crippen molar-refractivity contribution in [3.8, 4) is 0 Å². The van der Waals surface area contributed by atoms with Crippen molar-refractivity contribution in [3.05, 3.63) is 87.9 Å². The number of benzene rings is 2. The molecule has 2 aromatic carbocycles. The molecule has 1 aliphatic heterocycles. The fourth-order valence-corrected chi connectivity index (χ4v) is 5.20. The van der Waals surface area contributed by atoms with Crippen LogP contribution in [0.4, 0.5) is 0 Å². The van der Waals surface area contributed by atoms with Crippen molar-refractivity contribution in [2.75, 3.05) is 19.3 Å². The van der Waals surface area contributed by atoms with Gasteiger partial charge in [0.25, 0.3) is 0 Å². The lowest BCUT2D eigenvalue weighted by molar-refractivity contribution is -0.145. The number of rotatable bonds is 10. The highest BCUT2D eigenvalue weighted by Crippen LogP contribution is 2.35. The van der Waals surface area contributed by atoms with Crippen LogP contribution >= 0.6 is 35.0 Å². The minimum Gasteiger partial charge on any atom is -0.563 e. The quantitative estimate of drug-likeness (QED) is 0.227. The first kappa shape index (κ1) is 27.8. The van der Waals surface area contributed by atoms with Crippen LogP contribution in [-0.2, 0) is 27.3 Å². The Morgan fingerprint density at radius 1 is 1.16 bits per heavy atom. The van der Waals surface area contributed by atoms with Gasteiger partial charge in [-0.15, -0.1) is 11.8 Å². The Morgan fingerprint density at radius 2 is 1.89 bits per heavy atom. The Labute approximate surface area is 234 Å². The fourth-order valence-electron chi connectivity index (χ4n) is 4.02. The standard InChI is InChI=1S/C27H26Cl2N4O4S/c1-38-22-9-7-18(24(28)25(22)29)8-10-23(34)33-13-19(14-33)26(35)31-21(27(36)37)11-20-15-32(16-30-20)12-17-5-3-2-4-6-17/h2-10,15-16,19,21H,11-14H2,1H3,(H,31,35)(H,36,37)/p+1/b10-8+/t21-/m0/s1. The molecule has 11 heteroatoms. The van der Waals surface area contributed by atoms with Crippen molar-refractivity contribution in [3.63, 3.8) is 0 Å². The molecule has 1 saturated heterocycles. The van der Waals surface area contributed by atoms with E-state index in [1.807, 2.05) is 47.2 Å². The second kappa shape index (κ2) is 12.5. The van der Waals surface area contributed by atoms with E-state index in [4.69, 9.17) is 28.3 Å². The molecule has 0 aliphatic carbocycles. The molecule has 0 spiro atoms. The van der Waals surface area contributed by atoms with E-state index in [0.29, 0.717) is 27.8 Å². The lowest BCUT2D eigenvalue weighted by atomic mass is 9.98. The van der Waals surface area contributed by atoms with E-state index in [9.17, 15) is 14.4 Å². The van der Waals surface area contributed by atoms with Crippen LogP contribution in [0.25, 0.3) is 6.08 Å². The summed E-state index contributed by atoms with van der Waals surface area (Å²) in [5.74, 6) is -1.97. The maximum absolute atomic E-state index is 12.7. The van der Waals surface area contributed by atoms with Crippen molar-refractivity contribution in [2.45, 2.75) is 23.9 Å². The van der Waals surface area contributed by atoms with Crippen molar-refractivity contribution in [1.82, 2.24) is 19.8 Å². The summed E-state index contributed by atoms with van der Waals surface area (Å²) in [5, 5.41) is 11.1. The van der Waals surface area contributed by atoms with Crippen molar-refractivity contribution >= 4 is 58.8 Å². The highest BCUT2D eigenvalue weighted by atomic mass is 35.5. The van der Waals surface area contributed by atoms with Crippen LogP contribution in [0.2, 0.25) is 10.0 Å². The lowest BCUT2D eigenvalue weighted by Gasteiger charge is -2.37. The second-order valence-electron chi connectivity index (χ2n) is 8.91. The predicted octanol–water partition coefficient (Wildman–Crippen LogP) is 3.41. The SMILES string of the molecule is CSc1ccc(/C=C/C(=O)N2CC(C(=O)N[C@@H](Cc3cn(Cc4ccccc4)cn3)C(=O)[OH2+])C2)c(Cl)c1Cl. The van der Waals surface area contributed by atoms with Crippen molar-refractivity contribution < 1.29 is 19.5 Å². The average Bonchev–Trinajstić information content (AvgIpc) is 3.30. The van der Waals surface area contributed by atoms with Crippen LogP contribution < -0.4 is 5.32 Å². The lowest BCUT2D eigenvalue weighted by Crippen LogP contribution is -2.57. The van der Waals surface area contributed by atoms with E-state index in [-0.39, 0.29) is 31.3 Å². The molecule has 1 aromatic heterocycles. The van der Waals surface area contributed by atoms with Crippen molar-refractivity contribution in [1.29, 1.82) is 0 Å². The van der Waals surface area contributed by atoms with E-state index in [2.05, 4.69) is 10.3 Å². The summed E-state index contributed by atoms with van der Waals surface area (Å²) in [4.78, 5) is 43.8. The summed E-state index contributed by atoms with van der Waals surface area (Å²) < 4.78 is 1.89. The average molecular weight is 575 g/mol. The van der Waals surface area contributed by atoms with Crippen LogP contribution in [0.5, 0.6) is 0 Å². The van der Waals surface area contributed by atoms with Gasteiger partial charge in [-0.1, -0.05) is 59.6 Å². The van der Waals surface area contributed by atoms with E-state index in [1.54, 1.807) is 24.7 Å². The van der Waals surface area contributed by atoms with Crippen LogP contribution in [0, 0.1) is 5.92 Å². The molecule has 198 valence electrons. The van der Waals surface area contributed by atoms with Crippen LogP contribution in [0.3, 0.4) is 0 Å². The third-order valence-corrected chi connectivity index (χ3v) is 8.00. The molecule has 2 amide bonds. The minimum absolute atomic E-state index is 0.118. The van der Waals surface area contributed by atoms with Gasteiger partial charge < -0.3 is 19.9 Å². The highest BCUT2D eigenvalue weighted by molar-refractivity contribution is 7.98. The van der Waals surface area contributed by atoms with Gasteiger partial charge in [-0.05, 0) is 29.5 Å². The number of likely N-dealkylation sites (tertiary alicyclic amines) is 1. The molecule has 3 aromatic rings. The number of halogens is 2. The summed E-state index contributed by atoms with van der Waals surface area (Å²) >= 11 is 14.0. The first-order valence-electron chi connectivity index (χ1n) is 11.8. The predicted molar refractivity (Wildman–Crippen MR) is 149 cm³/mol. The number of thioether (sulfide) groups is 1. The molecule has 3 N–H and O–H groups in total. The Balaban J connectivity index is 1.28. The number of amides is 2. The number of hydrogen-bond acceptors (Lipinski definition) is 5. The van der Waals surface area contributed by atoms with Gasteiger partial charge in [0, 0.05) is 48.0 Å². The third-order valence-electron chi connectivity index (χ3n) is 6.21. The number of hydrogen-bond donors (Lipinski definition) is 1. The minimum atomic E-state index is -1.01. The molecule has 2 heterocycles. The Hall–Kier alpha value is -3.27. The molecule has 1 atom stereocenters. The third kappa shape index (κ3) is 6.78. The van der Waals surface area contributed by atoms with E-state index >= 15 is 0 Å².